The van der Waals surface area contributed by atoms with Crippen LogP contribution in [0.5, 0.6) is 0 Å². The van der Waals surface area contributed by atoms with E-state index in [0.717, 1.165) is 48.6 Å². The number of likely N-dealkylation sites (tertiary alicyclic amines) is 1. The van der Waals surface area contributed by atoms with Gasteiger partial charge in [-0.15, -0.1) is 11.3 Å². The monoisotopic (exact) mass is 439 g/mol. The Bertz CT molecular complexity index is 934. The first kappa shape index (κ1) is 23.2. The molecule has 5 nitrogen and oxygen atoms in total. The van der Waals surface area contributed by atoms with Gasteiger partial charge in [0.1, 0.15) is 5.69 Å². The van der Waals surface area contributed by atoms with Crippen LogP contribution in [0.3, 0.4) is 0 Å². The number of thiazole rings is 1. The highest BCUT2D eigenvalue weighted by atomic mass is 32.1. The number of allylic oxidation sites excluding steroid dienone is 2. The number of nitrogens with zero attached hydrogens (tertiary/aromatic N) is 2. The number of nitrogens with one attached hydrogen (secondary N) is 1. The number of anilines is 1. The Morgan fingerprint density at radius 2 is 1.94 bits per heavy atom. The zero-order valence-corrected chi connectivity index (χ0v) is 19.8. The maximum atomic E-state index is 12.8. The maximum absolute atomic E-state index is 12.8. The van der Waals surface area contributed by atoms with Crippen molar-refractivity contribution in [1.29, 1.82) is 0 Å². The predicted molar refractivity (Wildman–Crippen MR) is 128 cm³/mol. The van der Waals surface area contributed by atoms with Crippen LogP contribution in [0.25, 0.3) is 0 Å². The lowest BCUT2D eigenvalue weighted by Crippen LogP contribution is -2.37. The molecular weight excluding hydrogens is 406 g/mol. The van der Waals surface area contributed by atoms with Crippen molar-refractivity contribution in [3.63, 3.8) is 0 Å². The second kappa shape index (κ2) is 10.2. The quantitative estimate of drug-likeness (QED) is 0.583. The van der Waals surface area contributed by atoms with Crippen molar-refractivity contribution < 1.29 is 9.59 Å². The fourth-order valence-corrected chi connectivity index (χ4v) is 4.89. The third-order valence-electron chi connectivity index (χ3n) is 5.70. The molecule has 2 aromatic rings. The van der Waals surface area contributed by atoms with Gasteiger partial charge in [0.2, 0.25) is 5.91 Å². The van der Waals surface area contributed by atoms with Gasteiger partial charge >= 0.3 is 0 Å². The van der Waals surface area contributed by atoms with E-state index in [2.05, 4.69) is 37.1 Å². The number of carbonyl (C=O) groups excluding carboxylic acids is 2. The Kier molecular flexibility index (Phi) is 7.65. The molecule has 0 unspecified atom stereocenters. The van der Waals surface area contributed by atoms with E-state index < -0.39 is 0 Å². The van der Waals surface area contributed by atoms with E-state index in [1.54, 1.807) is 11.3 Å². The molecule has 0 atom stereocenters. The molecule has 166 valence electrons. The van der Waals surface area contributed by atoms with E-state index >= 15 is 0 Å². The smallest absolute Gasteiger partial charge is 0.275 e. The Hall–Kier alpha value is -2.47. The highest BCUT2D eigenvalue weighted by molar-refractivity contribution is 7.10. The van der Waals surface area contributed by atoms with Gasteiger partial charge in [-0.3, -0.25) is 9.59 Å². The van der Waals surface area contributed by atoms with Crippen molar-refractivity contribution in [3.8, 4) is 0 Å². The van der Waals surface area contributed by atoms with Crippen LogP contribution in [0.15, 0.2) is 41.8 Å². The van der Waals surface area contributed by atoms with Crippen molar-refractivity contribution >= 4 is 28.8 Å². The van der Waals surface area contributed by atoms with E-state index in [1.165, 1.54) is 0 Å². The Balaban J connectivity index is 1.59. The van der Waals surface area contributed by atoms with Gasteiger partial charge in [-0.1, -0.05) is 51.1 Å². The molecule has 1 aliphatic heterocycles. The predicted octanol–water partition coefficient (Wildman–Crippen LogP) is 5.76. The fraction of sp³-hybridized carbons (Fsp3) is 0.480. The van der Waals surface area contributed by atoms with E-state index in [0.29, 0.717) is 18.0 Å². The first-order chi connectivity index (χ1) is 14.8. The highest BCUT2D eigenvalue weighted by Gasteiger charge is 2.26. The normalized spacial score (nSPS) is 15.4. The minimum atomic E-state index is -0.171. The topological polar surface area (TPSA) is 62.3 Å². The average Bonchev–Trinajstić information content (AvgIpc) is 3.24. The second-order valence-electron chi connectivity index (χ2n) is 9.08. The van der Waals surface area contributed by atoms with Gasteiger partial charge in [-0.05, 0) is 43.2 Å². The lowest BCUT2D eigenvalue weighted by Gasteiger charge is -2.31. The lowest BCUT2D eigenvalue weighted by molar-refractivity contribution is -0.132. The molecule has 0 radical (unpaired) electrons. The number of carbonyl (C=O) groups is 2. The molecule has 1 saturated heterocycles. The molecule has 0 aliphatic carbocycles. The first-order valence-corrected chi connectivity index (χ1v) is 11.9. The Labute approximate surface area is 189 Å². The molecule has 0 spiro atoms. The Morgan fingerprint density at radius 1 is 1.23 bits per heavy atom. The minimum absolute atomic E-state index is 0.0602. The van der Waals surface area contributed by atoms with Gasteiger partial charge in [0.15, 0.2) is 0 Å². The number of aromatic nitrogens is 1. The number of rotatable bonds is 6. The lowest BCUT2D eigenvalue weighted by atomic mass is 9.86. The Morgan fingerprint density at radius 3 is 2.61 bits per heavy atom. The van der Waals surface area contributed by atoms with Crippen molar-refractivity contribution in [1.82, 2.24) is 9.88 Å². The number of hydrogen-bond donors (Lipinski definition) is 1. The third kappa shape index (κ3) is 6.03. The molecule has 1 aromatic carbocycles. The van der Waals surface area contributed by atoms with E-state index in [1.807, 2.05) is 47.6 Å². The van der Waals surface area contributed by atoms with Gasteiger partial charge in [-0.25, -0.2) is 4.98 Å². The summed E-state index contributed by atoms with van der Waals surface area (Å²) in [5, 5.41) is 5.88. The highest BCUT2D eigenvalue weighted by Crippen LogP contribution is 2.32. The van der Waals surface area contributed by atoms with Crippen molar-refractivity contribution in [2.24, 2.45) is 0 Å². The summed E-state index contributed by atoms with van der Waals surface area (Å²) in [6, 6.07) is 7.92. The number of benzene rings is 1. The SMILES string of the molecule is C/C=C/CCC(=O)N1CCC(c2nc(C(=O)Nc3ccccc3C(C)(C)C)cs2)CC1. The van der Waals surface area contributed by atoms with E-state index in [9.17, 15) is 9.59 Å². The molecule has 0 saturated carbocycles. The van der Waals surface area contributed by atoms with Crippen LogP contribution in [0, 0.1) is 0 Å². The summed E-state index contributed by atoms with van der Waals surface area (Å²) in [4.78, 5) is 31.7. The zero-order chi connectivity index (χ0) is 22.4. The van der Waals surface area contributed by atoms with Gasteiger partial charge in [0, 0.05) is 36.5 Å². The molecule has 2 heterocycles. The summed E-state index contributed by atoms with van der Waals surface area (Å²) >= 11 is 1.55. The molecule has 0 bridgehead atoms. The maximum Gasteiger partial charge on any atom is 0.275 e. The van der Waals surface area contributed by atoms with Crippen molar-refractivity contribution in [2.45, 2.75) is 64.7 Å². The van der Waals surface area contributed by atoms with Crippen LogP contribution in [0.4, 0.5) is 5.69 Å². The molecule has 1 aromatic heterocycles. The molecule has 6 heteroatoms. The summed E-state index contributed by atoms with van der Waals surface area (Å²) in [6.45, 7) is 9.91. The standard InChI is InChI=1S/C25H33N3O2S/c1-5-6-7-12-22(29)28-15-13-18(14-16-28)24-27-21(17-31-24)23(30)26-20-11-9-8-10-19(20)25(2,3)4/h5-6,8-11,17-18H,7,12-16H2,1-4H3,(H,26,30)/b6-5+. The van der Waals surface area contributed by atoms with Crippen LogP contribution in [-0.4, -0.2) is 34.8 Å². The first-order valence-electron chi connectivity index (χ1n) is 11.0. The number of hydrogen-bond acceptors (Lipinski definition) is 4. The molecular formula is C25H33N3O2S. The van der Waals surface area contributed by atoms with E-state index in [-0.39, 0.29) is 17.2 Å². The summed E-state index contributed by atoms with van der Waals surface area (Å²) in [5.41, 5.74) is 2.34. The molecule has 1 aliphatic rings. The van der Waals surface area contributed by atoms with Gasteiger partial charge in [-0.2, -0.15) is 0 Å². The van der Waals surface area contributed by atoms with Crippen LogP contribution < -0.4 is 5.32 Å². The van der Waals surface area contributed by atoms with Crippen molar-refractivity contribution in [2.75, 3.05) is 18.4 Å². The molecule has 2 amide bonds. The van der Waals surface area contributed by atoms with Crippen LogP contribution in [0.2, 0.25) is 0 Å². The molecule has 3 rings (SSSR count). The molecule has 1 N–H and O–H groups in total. The number of para-hydroxylation sites is 1. The summed E-state index contributed by atoms with van der Waals surface area (Å²) < 4.78 is 0. The summed E-state index contributed by atoms with van der Waals surface area (Å²) in [6.07, 6.45) is 7.20. The van der Waals surface area contributed by atoms with E-state index in [4.69, 9.17) is 0 Å². The summed E-state index contributed by atoms with van der Waals surface area (Å²) in [5.74, 6) is 0.372. The minimum Gasteiger partial charge on any atom is -0.343 e. The second-order valence-corrected chi connectivity index (χ2v) is 9.97. The van der Waals surface area contributed by atoms with Gasteiger partial charge < -0.3 is 10.2 Å². The molecule has 31 heavy (non-hydrogen) atoms. The van der Waals surface area contributed by atoms with Crippen LogP contribution >= 0.6 is 11.3 Å². The van der Waals surface area contributed by atoms with Crippen LogP contribution in [0.1, 0.15) is 80.4 Å². The number of amides is 2. The zero-order valence-electron chi connectivity index (χ0n) is 19.0. The molecule has 1 fully saturated rings. The third-order valence-corrected chi connectivity index (χ3v) is 6.70. The summed E-state index contributed by atoms with van der Waals surface area (Å²) in [7, 11) is 0. The van der Waals surface area contributed by atoms with Gasteiger partial charge in [0.05, 0.1) is 5.01 Å². The largest absolute Gasteiger partial charge is 0.343 e. The van der Waals surface area contributed by atoms with Gasteiger partial charge in [0.25, 0.3) is 5.91 Å². The number of piperidine rings is 1. The average molecular weight is 440 g/mol. The van der Waals surface area contributed by atoms with Crippen LogP contribution in [-0.2, 0) is 10.2 Å². The fourth-order valence-electron chi connectivity index (χ4n) is 3.92. The van der Waals surface area contributed by atoms with Crippen molar-refractivity contribution in [3.05, 3.63) is 58.1 Å².